The predicted octanol–water partition coefficient (Wildman–Crippen LogP) is 0.894. The Morgan fingerprint density at radius 1 is 1.31 bits per heavy atom. The monoisotopic (exact) mass is 376 g/mol. The Bertz CT molecular complexity index is 790. The van der Waals surface area contributed by atoms with Crippen molar-refractivity contribution in [3.8, 4) is 0 Å². The predicted molar refractivity (Wildman–Crippen MR) is 96.3 cm³/mol. The first kappa shape index (κ1) is 18.4. The number of benzene rings is 1. The van der Waals surface area contributed by atoms with Crippen LogP contribution in [0.3, 0.4) is 0 Å². The van der Waals surface area contributed by atoms with E-state index in [1.54, 1.807) is 36.1 Å². The smallest absolute Gasteiger partial charge is 0.243 e. The zero-order valence-electron chi connectivity index (χ0n) is 14.4. The molecule has 0 bridgehead atoms. The van der Waals surface area contributed by atoms with E-state index in [0.29, 0.717) is 11.6 Å². The summed E-state index contributed by atoms with van der Waals surface area (Å²) in [6.45, 7) is 0.502. The lowest BCUT2D eigenvalue weighted by Crippen LogP contribution is -2.46. The molecule has 138 valence electrons. The average molecular weight is 377 g/mol. The lowest BCUT2D eigenvalue weighted by Gasteiger charge is -2.23. The van der Waals surface area contributed by atoms with Gasteiger partial charge in [-0.25, -0.2) is 0 Å². The van der Waals surface area contributed by atoms with Gasteiger partial charge >= 0.3 is 0 Å². The summed E-state index contributed by atoms with van der Waals surface area (Å²) in [5.74, 6) is -0.466. The van der Waals surface area contributed by atoms with Gasteiger partial charge in [-0.3, -0.25) is 14.3 Å². The second kappa shape index (κ2) is 7.88. The number of carbonyl (C=O) groups excluding carboxylic acids is 2. The van der Waals surface area contributed by atoms with Crippen LogP contribution in [0.1, 0.15) is 17.7 Å². The number of hydrogen-bond acceptors (Lipinski definition) is 4. The highest BCUT2D eigenvalue weighted by Gasteiger charge is 2.38. The molecule has 1 aromatic heterocycles. The number of rotatable bonds is 5. The highest BCUT2D eigenvalue weighted by atomic mass is 35.5. The Kier molecular flexibility index (Phi) is 5.58. The van der Waals surface area contributed by atoms with Crippen LogP contribution in [0, 0.1) is 0 Å². The van der Waals surface area contributed by atoms with Gasteiger partial charge in [0.25, 0.3) is 0 Å². The van der Waals surface area contributed by atoms with Crippen LogP contribution in [0.15, 0.2) is 36.5 Å². The van der Waals surface area contributed by atoms with Crippen molar-refractivity contribution in [2.75, 3.05) is 6.54 Å². The van der Waals surface area contributed by atoms with Crippen LogP contribution in [0.2, 0.25) is 5.02 Å². The molecular weight excluding hydrogens is 356 g/mol. The van der Waals surface area contributed by atoms with Crippen molar-refractivity contribution in [1.29, 1.82) is 0 Å². The van der Waals surface area contributed by atoms with Gasteiger partial charge in [0.2, 0.25) is 11.8 Å². The van der Waals surface area contributed by atoms with Crippen LogP contribution in [0.5, 0.6) is 0 Å². The zero-order valence-corrected chi connectivity index (χ0v) is 15.2. The minimum atomic E-state index is -0.697. The van der Waals surface area contributed by atoms with Crippen molar-refractivity contribution < 1.29 is 14.7 Å². The highest BCUT2D eigenvalue weighted by Crippen LogP contribution is 2.20. The second-order valence-electron chi connectivity index (χ2n) is 6.42. The Hall–Kier alpha value is -2.38. The van der Waals surface area contributed by atoms with Crippen LogP contribution in [0.4, 0.5) is 0 Å². The number of aromatic nitrogens is 2. The number of nitrogens with zero attached hydrogens (tertiary/aromatic N) is 3. The molecule has 0 aliphatic carbocycles. The molecule has 2 aromatic rings. The van der Waals surface area contributed by atoms with E-state index in [2.05, 4.69) is 10.4 Å². The summed E-state index contributed by atoms with van der Waals surface area (Å²) in [6.07, 6.45) is 1.31. The molecule has 8 heteroatoms. The number of halogens is 1. The molecule has 26 heavy (non-hydrogen) atoms. The third kappa shape index (κ3) is 4.23. The summed E-state index contributed by atoms with van der Waals surface area (Å²) in [6, 6.07) is 8.27. The zero-order chi connectivity index (χ0) is 18.7. The van der Waals surface area contributed by atoms with E-state index in [1.807, 2.05) is 12.1 Å². The maximum absolute atomic E-state index is 12.6. The molecule has 1 saturated heterocycles. The molecule has 2 amide bonds. The molecule has 2 N–H and O–H groups in total. The first-order chi connectivity index (χ1) is 12.4. The van der Waals surface area contributed by atoms with Crippen LogP contribution in [0.25, 0.3) is 0 Å². The van der Waals surface area contributed by atoms with Crippen LogP contribution in [-0.2, 0) is 29.6 Å². The number of hydrogen-bond donors (Lipinski definition) is 2. The van der Waals surface area contributed by atoms with E-state index in [9.17, 15) is 14.7 Å². The van der Waals surface area contributed by atoms with Crippen molar-refractivity contribution in [1.82, 2.24) is 20.0 Å². The lowest BCUT2D eigenvalue weighted by atomic mass is 10.1. The summed E-state index contributed by atoms with van der Waals surface area (Å²) < 4.78 is 1.63. The molecule has 1 aliphatic rings. The molecule has 1 aromatic carbocycles. The molecule has 1 unspecified atom stereocenters. The molecular formula is C18H21ClN4O3. The summed E-state index contributed by atoms with van der Waals surface area (Å²) in [5, 5.41) is 17.5. The molecule has 0 spiro atoms. The molecule has 0 radical (unpaired) electrons. The van der Waals surface area contributed by atoms with Gasteiger partial charge in [0, 0.05) is 43.5 Å². The number of nitrogens with one attached hydrogen (secondary N) is 1. The molecule has 1 fully saturated rings. The molecule has 0 saturated carbocycles. The van der Waals surface area contributed by atoms with E-state index in [1.165, 1.54) is 4.90 Å². The van der Waals surface area contributed by atoms with E-state index >= 15 is 0 Å². The number of aliphatic hydroxyl groups is 1. The lowest BCUT2D eigenvalue weighted by molar-refractivity contribution is -0.138. The number of β-amino-alcohol motifs (C(OH)–C–C–N with tert-alkyl or cyclic N) is 1. The van der Waals surface area contributed by atoms with Gasteiger partial charge in [0.1, 0.15) is 6.04 Å². The fraction of sp³-hybridized carbons (Fsp3) is 0.389. The molecule has 1 aliphatic heterocycles. The van der Waals surface area contributed by atoms with Crippen molar-refractivity contribution in [2.45, 2.75) is 31.5 Å². The van der Waals surface area contributed by atoms with Crippen molar-refractivity contribution in [2.24, 2.45) is 7.05 Å². The summed E-state index contributed by atoms with van der Waals surface area (Å²) in [5.41, 5.74) is 1.67. The highest BCUT2D eigenvalue weighted by molar-refractivity contribution is 6.30. The van der Waals surface area contributed by atoms with E-state index in [0.717, 1.165) is 11.3 Å². The Morgan fingerprint density at radius 2 is 2.04 bits per heavy atom. The maximum Gasteiger partial charge on any atom is 0.243 e. The number of aryl methyl sites for hydroxylation is 1. The molecule has 2 atom stereocenters. The Morgan fingerprint density at radius 3 is 2.69 bits per heavy atom. The fourth-order valence-electron chi connectivity index (χ4n) is 3.08. The van der Waals surface area contributed by atoms with E-state index in [4.69, 9.17) is 11.6 Å². The number of amides is 2. The number of likely N-dealkylation sites (tertiary alicyclic amines) is 1. The third-order valence-electron chi connectivity index (χ3n) is 4.54. The Labute approximate surface area is 156 Å². The van der Waals surface area contributed by atoms with Gasteiger partial charge in [-0.2, -0.15) is 5.10 Å². The molecule has 3 rings (SSSR count). The fourth-order valence-corrected chi connectivity index (χ4v) is 3.20. The number of carbonyl (C=O) groups is 2. The van der Waals surface area contributed by atoms with E-state index in [-0.39, 0.29) is 31.2 Å². The summed E-state index contributed by atoms with van der Waals surface area (Å²) in [4.78, 5) is 26.6. The van der Waals surface area contributed by atoms with Crippen molar-refractivity contribution in [3.63, 3.8) is 0 Å². The van der Waals surface area contributed by atoms with Gasteiger partial charge in [0.05, 0.1) is 12.5 Å². The van der Waals surface area contributed by atoms with Gasteiger partial charge in [-0.15, -0.1) is 0 Å². The van der Waals surface area contributed by atoms with Gasteiger partial charge in [-0.1, -0.05) is 23.7 Å². The van der Waals surface area contributed by atoms with Gasteiger partial charge in [0.15, 0.2) is 0 Å². The minimum Gasteiger partial charge on any atom is -0.391 e. The first-order valence-electron chi connectivity index (χ1n) is 8.40. The van der Waals surface area contributed by atoms with Crippen molar-refractivity contribution >= 4 is 23.4 Å². The second-order valence-corrected chi connectivity index (χ2v) is 6.86. The Balaban J connectivity index is 1.62. The van der Waals surface area contributed by atoms with Crippen LogP contribution >= 0.6 is 11.6 Å². The van der Waals surface area contributed by atoms with Crippen LogP contribution < -0.4 is 5.32 Å². The first-order valence-corrected chi connectivity index (χ1v) is 8.78. The van der Waals surface area contributed by atoms with E-state index < -0.39 is 12.1 Å². The summed E-state index contributed by atoms with van der Waals surface area (Å²) in [7, 11) is 1.76. The quantitative estimate of drug-likeness (QED) is 0.811. The SMILES string of the molecule is Cn1nccc1CC(=O)N1CC(O)C[C@H]1C(=O)NCc1ccc(Cl)cc1. The summed E-state index contributed by atoms with van der Waals surface area (Å²) >= 11 is 5.85. The normalized spacial score (nSPS) is 19.6. The third-order valence-corrected chi connectivity index (χ3v) is 4.79. The van der Waals surface area contributed by atoms with Crippen LogP contribution in [-0.4, -0.2) is 50.3 Å². The standard InChI is InChI=1S/C18H21ClN4O3/c1-22-14(6-7-21-22)8-17(25)23-11-15(24)9-16(23)18(26)20-10-12-2-4-13(19)5-3-12/h2-7,15-16,24H,8-11H2,1H3,(H,20,26)/t15?,16-/m0/s1. The van der Waals surface area contributed by atoms with Gasteiger partial charge < -0.3 is 15.3 Å². The maximum atomic E-state index is 12.6. The average Bonchev–Trinajstić information content (AvgIpc) is 3.20. The molecule has 7 nitrogen and oxygen atoms in total. The largest absolute Gasteiger partial charge is 0.391 e. The molecule has 2 heterocycles. The topological polar surface area (TPSA) is 87.5 Å². The number of aliphatic hydroxyl groups excluding tert-OH is 1. The van der Waals surface area contributed by atoms with Gasteiger partial charge in [-0.05, 0) is 23.8 Å². The minimum absolute atomic E-state index is 0.143. The van der Waals surface area contributed by atoms with Crippen molar-refractivity contribution in [3.05, 3.63) is 52.8 Å².